The predicted molar refractivity (Wildman–Crippen MR) is 136 cm³/mol. The number of nitrogens with one attached hydrogen (secondary N) is 1. The molecule has 1 saturated carbocycles. The van der Waals surface area contributed by atoms with Gasteiger partial charge in [-0.05, 0) is 37.5 Å². The number of aliphatic hydroxyl groups is 2. The number of aliphatic hydroxyl groups excluding tert-OH is 2. The van der Waals surface area contributed by atoms with Crippen LogP contribution in [0.4, 0.5) is 10.6 Å². The van der Waals surface area contributed by atoms with Gasteiger partial charge in [0.2, 0.25) is 5.82 Å². The summed E-state index contributed by atoms with van der Waals surface area (Å²) in [5, 5.41) is 23.9. The largest absolute Gasteiger partial charge is 0.447 e. The number of amides is 2. The molecule has 210 valence electrons. The summed E-state index contributed by atoms with van der Waals surface area (Å²) < 4.78 is 17.2. The summed E-state index contributed by atoms with van der Waals surface area (Å²) in [6, 6.07) is 0.0855. The fraction of sp³-hybridized carbons (Fsp3) is 0.640. The van der Waals surface area contributed by atoms with E-state index in [1.165, 1.54) is 10.9 Å². The third-order valence-corrected chi connectivity index (χ3v) is 7.12. The van der Waals surface area contributed by atoms with Gasteiger partial charge in [-0.1, -0.05) is 5.92 Å². The number of nitrogens with zero attached hydrogens (tertiary/aromatic N) is 5. The van der Waals surface area contributed by atoms with Crippen molar-refractivity contribution >= 4 is 29.0 Å². The zero-order valence-electron chi connectivity index (χ0n) is 21.7. The van der Waals surface area contributed by atoms with Crippen LogP contribution in [0, 0.1) is 17.8 Å². The van der Waals surface area contributed by atoms with Gasteiger partial charge in [-0.3, -0.25) is 9.36 Å². The molecular weight excluding hydrogens is 510 g/mol. The van der Waals surface area contributed by atoms with E-state index >= 15 is 0 Å². The fourth-order valence-electron chi connectivity index (χ4n) is 4.70. The predicted octanol–water partition coefficient (Wildman–Crippen LogP) is -0.457. The number of ether oxygens (including phenoxy) is 3. The molecule has 0 bridgehead atoms. The molecule has 3 fully saturated rings. The Morgan fingerprint density at radius 3 is 2.67 bits per heavy atom. The van der Waals surface area contributed by atoms with Crippen LogP contribution in [0.1, 0.15) is 44.2 Å². The summed E-state index contributed by atoms with van der Waals surface area (Å²) >= 11 is 0. The van der Waals surface area contributed by atoms with Crippen LogP contribution >= 0.6 is 0 Å². The summed E-state index contributed by atoms with van der Waals surface area (Å²) in [5.41, 5.74) is 6.66. The number of rotatable bonds is 7. The lowest BCUT2D eigenvalue weighted by atomic mass is 9.94. The molecule has 5 N–H and O–H groups in total. The lowest BCUT2D eigenvalue weighted by Crippen LogP contribution is -2.43. The number of nitrogen functional groups attached to an aromatic ring is 1. The number of imidazole rings is 1. The second-order valence-corrected chi connectivity index (χ2v) is 10.0. The second-order valence-electron chi connectivity index (χ2n) is 10.0. The van der Waals surface area contributed by atoms with Gasteiger partial charge >= 0.3 is 6.09 Å². The van der Waals surface area contributed by atoms with Gasteiger partial charge in [-0.2, -0.15) is 0 Å². The van der Waals surface area contributed by atoms with E-state index in [1.807, 2.05) is 0 Å². The van der Waals surface area contributed by atoms with Crippen molar-refractivity contribution in [3.05, 3.63) is 12.2 Å². The number of carbonyl (C=O) groups is 2. The summed E-state index contributed by atoms with van der Waals surface area (Å²) in [6.07, 6.45) is -0.0919. The molecule has 2 aromatic rings. The van der Waals surface area contributed by atoms with Gasteiger partial charge < -0.3 is 40.4 Å². The minimum absolute atomic E-state index is 0.0855. The van der Waals surface area contributed by atoms with E-state index in [9.17, 15) is 19.8 Å². The maximum absolute atomic E-state index is 12.5. The van der Waals surface area contributed by atoms with E-state index in [0.717, 1.165) is 25.7 Å². The normalized spacial score (nSPS) is 25.4. The van der Waals surface area contributed by atoms with Gasteiger partial charge in [-0.15, -0.1) is 0 Å². The molecular formula is C25H33N7O7. The number of hydrogen-bond acceptors (Lipinski definition) is 11. The molecule has 0 radical (unpaired) electrons. The Morgan fingerprint density at radius 2 is 1.95 bits per heavy atom. The smallest absolute Gasteiger partial charge is 0.409 e. The van der Waals surface area contributed by atoms with Gasteiger partial charge in [0.15, 0.2) is 23.8 Å². The SMILES string of the molecule is COCCOC(=O)N1CCC(CC#Cc2nc(N)c3ncn([C@@H]4O[C@H](C(=O)NC5CC5)C(O)[C@@H]4O)c3n2)CC1. The van der Waals surface area contributed by atoms with Crippen LogP contribution in [0.2, 0.25) is 0 Å². The van der Waals surface area contributed by atoms with Crippen LogP contribution in [0.15, 0.2) is 6.33 Å². The Morgan fingerprint density at radius 1 is 1.18 bits per heavy atom. The van der Waals surface area contributed by atoms with Crippen molar-refractivity contribution in [2.24, 2.45) is 5.92 Å². The topological polar surface area (TPSA) is 187 Å². The van der Waals surface area contributed by atoms with E-state index in [4.69, 9.17) is 19.9 Å². The average molecular weight is 544 g/mol. The van der Waals surface area contributed by atoms with Crippen LogP contribution in [0.3, 0.4) is 0 Å². The fourth-order valence-corrected chi connectivity index (χ4v) is 4.70. The van der Waals surface area contributed by atoms with Gasteiger partial charge in [0.25, 0.3) is 5.91 Å². The highest BCUT2D eigenvalue weighted by Gasteiger charge is 2.48. The first-order valence-electron chi connectivity index (χ1n) is 13.1. The summed E-state index contributed by atoms with van der Waals surface area (Å²) in [6.45, 7) is 1.80. The number of anilines is 1. The molecule has 14 heteroatoms. The van der Waals surface area contributed by atoms with Gasteiger partial charge in [-0.25, -0.2) is 19.7 Å². The number of piperidine rings is 1. The minimum atomic E-state index is -1.41. The standard InChI is InChI=1S/C25H33N7O7/c1-37-11-12-38-25(36)31-9-7-14(8-10-31)3-2-4-16-29-21(26)17-22(30-16)32(13-27-17)24-19(34)18(33)20(39-24)23(35)28-15-5-6-15/h13-15,18-20,24,33-34H,3,5-12H2,1H3,(H,28,35)(H2,26,29,30)/t18?,19-,20-,24+/m0/s1. The molecule has 3 aliphatic rings. The molecule has 2 amide bonds. The van der Waals surface area contributed by atoms with E-state index in [2.05, 4.69) is 32.1 Å². The van der Waals surface area contributed by atoms with Crippen molar-refractivity contribution in [3.63, 3.8) is 0 Å². The molecule has 1 unspecified atom stereocenters. The number of carbonyl (C=O) groups excluding carboxylic acids is 2. The number of aromatic nitrogens is 4. The third-order valence-electron chi connectivity index (χ3n) is 7.12. The number of likely N-dealkylation sites (tertiary alicyclic amines) is 1. The third kappa shape index (κ3) is 6.06. The van der Waals surface area contributed by atoms with Crippen LogP contribution in [0.25, 0.3) is 11.2 Å². The molecule has 0 aromatic carbocycles. The molecule has 2 aliphatic heterocycles. The molecule has 39 heavy (non-hydrogen) atoms. The molecule has 0 spiro atoms. The number of fused-ring (bicyclic) bond motifs is 1. The van der Waals surface area contributed by atoms with E-state index < -0.39 is 30.4 Å². The van der Waals surface area contributed by atoms with Crippen LogP contribution < -0.4 is 11.1 Å². The number of methoxy groups -OCH3 is 1. The van der Waals surface area contributed by atoms with Crippen molar-refractivity contribution < 1.29 is 34.0 Å². The molecule has 2 saturated heterocycles. The Balaban J connectivity index is 1.22. The number of hydrogen-bond donors (Lipinski definition) is 4. The van der Waals surface area contributed by atoms with Crippen LogP contribution in [-0.2, 0) is 19.0 Å². The van der Waals surface area contributed by atoms with Gasteiger partial charge in [0, 0.05) is 32.7 Å². The monoisotopic (exact) mass is 543 g/mol. The van der Waals surface area contributed by atoms with Gasteiger partial charge in [0.05, 0.1) is 12.9 Å². The van der Waals surface area contributed by atoms with E-state index in [-0.39, 0.29) is 36.0 Å². The summed E-state index contributed by atoms with van der Waals surface area (Å²) in [7, 11) is 1.55. The van der Waals surface area contributed by atoms with Crippen molar-refractivity contribution in [1.29, 1.82) is 0 Å². The van der Waals surface area contributed by atoms with E-state index in [1.54, 1.807) is 12.0 Å². The minimum Gasteiger partial charge on any atom is -0.447 e. The molecule has 4 atom stereocenters. The van der Waals surface area contributed by atoms with Crippen LogP contribution in [0.5, 0.6) is 0 Å². The van der Waals surface area contributed by atoms with Crippen LogP contribution in [-0.4, -0.2) is 104 Å². The molecule has 4 heterocycles. The van der Waals surface area contributed by atoms with Crippen molar-refractivity contribution in [2.75, 3.05) is 39.1 Å². The van der Waals surface area contributed by atoms with Crippen molar-refractivity contribution in [3.8, 4) is 11.8 Å². The first-order chi connectivity index (χ1) is 18.9. The highest BCUT2D eigenvalue weighted by Crippen LogP contribution is 2.33. The highest BCUT2D eigenvalue weighted by molar-refractivity contribution is 5.83. The second kappa shape index (κ2) is 11.7. The molecule has 1 aliphatic carbocycles. The van der Waals surface area contributed by atoms with Gasteiger partial charge in [0.1, 0.15) is 24.3 Å². The Kier molecular flexibility index (Phi) is 8.12. The maximum Gasteiger partial charge on any atom is 0.409 e. The Labute approximate surface area is 224 Å². The lowest BCUT2D eigenvalue weighted by Gasteiger charge is -2.30. The maximum atomic E-state index is 12.5. The average Bonchev–Trinajstić information content (AvgIpc) is 3.56. The molecule has 2 aromatic heterocycles. The van der Waals surface area contributed by atoms with Crippen molar-refractivity contribution in [2.45, 2.75) is 62.7 Å². The molecule has 5 rings (SSSR count). The molecule has 14 nitrogen and oxygen atoms in total. The van der Waals surface area contributed by atoms with E-state index in [0.29, 0.717) is 37.6 Å². The first kappa shape index (κ1) is 27.1. The quantitative estimate of drug-likeness (QED) is 0.261. The summed E-state index contributed by atoms with van der Waals surface area (Å²) in [5.74, 6) is 6.19. The first-order valence-corrected chi connectivity index (χ1v) is 13.1. The zero-order chi connectivity index (χ0) is 27.5. The van der Waals surface area contributed by atoms with Crippen molar-refractivity contribution in [1.82, 2.24) is 29.7 Å². The summed E-state index contributed by atoms with van der Waals surface area (Å²) in [4.78, 5) is 39.2. The Bertz CT molecular complexity index is 1260. The Hall–Kier alpha value is -3.51. The zero-order valence-corrected chi connectivity index (χ0v) is 21.7. The lowest BCUT2D eigenvalue weighted by molar-refractivity contribution is -0.137. The number of nitrogens with two attached hydrogens (primary N) is 1. The highest BCUT2D eigenvalue weighted by atomic mass is 16.6.